The quantitative estimate of drug-likeness (QED) is 0.101. The normalized spacial score (nSPS) is 21.1. The van der Waals surface area contributed by atoms with E-state index in [1.165, 1.54) is 0 Å². The van der Waals surface area contributed by atoms with Crippen LogP contribution in [0.4, 0.5) is 22.4 Å². The highest BCUT2D eigenvalue weighted by atomic mass is 32.2. The molecule has 0 unspecified atom stereocenters. The van der Waals surface area contributed by atoms with E-state index < -0.39 is 35.0 Å². The summed E-state index contributed by atoms with van der Waals surface area (Å²) in [5.74, 6) is -8.37. The first-order valence-corrected chi connectivity index (χ1v) is 12.3. The van der Waals surface area contributed by atoms with Crippen LogP contribution in [0.15, 0.2) is 6.07 Å². The molecular formula is C22H27F4N3O4S. The van der Waals surface area contributed by atoms with E-state index >= 15 is 0 Å². The van der Waals surface area contributed by atoms with Gasteiger partial charge in [-0.15, -0.1) is 0 Å². The van der Waals surface area contributed by atoms with E-state index in [1.54, 1.807) is 0 Å². The standard InChI is InChI=1S/C22H27F4N3O4S/c23-12-10-13(24)19(26)21(18(12)25)33-17(31)8-2-1-5-9-27-16(30)7-4-3-6-15-20-14(11-34-15)28-22(32)29-20/h10,14-15,20H,1-9,11H2,(H,27,30)(H2,28,29,32)/t14-,15-,20-/m0/s1. The molecule has 2 aliphatic heterocycles. The van der Waals surface area contributed by atoms with Crippen LogP contribution in [-0.4, -0.2) is 47.5 Å². The Morgan fingerprint density at radius 3 is 2.44 bits per heavy atom. The summed E-state index contributed by atoms with van der Waals surface area (Å²) in [6, 6.07) is 0.283. The molecule has 2 saturated heterocycles. The van der Waals surface area contributed by atoms with Crippen molar-refractivity contribution in [2.24, 2.45) is 0 Å². The van der Waals surface area contributed by atoms with Crippen molar-refractivity contribution in [3.05, 3.63) is 29.3 Å². The Hall–Kier alpha value is -2.50. The van der Waals surface area contributed by atoms with E-state index in [9.17, 15) is 31.9 Å². The van der Waals surface area contributed by atoms with E-state index in [4.69, 9.17) is 0 Å². The summed E-state index contributed by atoms with van der Waals surface area (Å²) >= 11 is 1.84. The van der Waals surface area contributed by atoms with Gasteiger partial charge in [-0.25, -0.2) is 13.6 Å². The van der Waals surface area contributed by atoms with Crippen LogP contribution in [0.5, 0.6) is 5.75 Å². The SMILES string of the molecule is O=C(CCCC[C@@H]1SC[C@@H]2NC(=O)N[C@@H]21)NCCCCCC(=O)Oc1c(F)c(F)cc(F)c1F. The number of rotatable bonds is 12. The van der Waals surface area contributed by atoms with Crippen LogP contribution in [0.1, 0.15) is 51.4 Å². The Morgan fingerprint density at radius 1 is 1.00 bits per heavy atom. The van der Waals surface area contributed by atoms with Gasteiger partial charge in [0.05, 0.1) is 12.1 Å². The number of benzene rings is 1. The third kappa shape index (κ3) is 7.00. The van der Waals surface area contributed by atoms with Gasteiger partial charge in [-0.3, -0.25) is 9.59 Å². The Labute approximate surface area is 198 Å². The van der Waals surface area contributed by atoms with Crippen molar-refractivity contribution in [1.29, 1.82) is 0 Å². The molecule has 7 nitrogen and oxygen atoms in total. The summed E-state index contributed by atoms with van der Waals surface area (Å²) < 4.78 is 57.7. The first-order chi connectivity index (χ1) is 16.3. The number of unbranched alkanes of at least 4 members (excludes halogenated alkanes) is 3. The van der Waals surface area contributed by atoms with Gasteiger partial charge in [0.2, 0.25) is 23.3 Å². The Balaban J connectivity index is 1.21. The number of fused-ring (bicyclic) bond motifs is 1. The molecule has 0 radical (unpaired) electrons. The van der Waals surface area contributed by atoms with Gasteiger partial charge in [-0.1, -0.05) is 12.8 Å². The lowest BCUT2D eigenvalue weighted by Crippen LogP contribution is -2.36. The van der Waals surface area contributed by atoms with E-state index in [0.29, 0.717) is 37.5 Å². The molecule has 3 rings (SSSR count). The molecule has 3 atom stereocenters. The fourth-order valence-electron chi connectivity index (χ4n) is 3.97. The third-order valence-corrected chi connectivity index (χ3v) is 7.26. The van der Waals surface area contributed by atoms with E-state index in [1.807, 2.05) is 11.8 Å². The van der Waals surface area contributed by atoms with Crippen molar-refractivity contribution in [3.63, 3.8) is 0 Å². The van der Waals surface area contributed by atoms with E-state index in [2.05, 4.69) is 20.7 Å². The average molecular weight is 506 g/mol. The van der Waals surface area contributed by atoms with Gasteiger partial charge in [-0.2, -0.15) is 20.5 Å². The molecule has 1 aromatic carbocycles. The second kappa shape index (κ2) is 12.3. The minimum atomic E-state index is -1.76. The predicted octanol–water partition coefficient (Wildman–Crippen LogP) is 3.55. The molecule has 0 saturated carbocycles. The number of nitrogens with one attached hydrogen (secondary N) is 3. The molecule has 2 aliphatic rings. The Kier molecular flexibility index (Phi) is 9.43. The van der Waals surface area contributed by atoms with Crippen molar-refractivity contribution in [1.82, 2.24) is 16.0 Å². The zero-order chi connectivity index (χ0) is 24.7. The first-order valence-electron chi connectivity index (χ1n) is 11.2. The molecule has 12 heteroatoms. The Morgan fingerprint density at radius 2 is 1.71 bits per heavy atom. The third-order valence-electron chi connectivity index (χ3n) is 5.75. The van der Waals surface area contributed by atoms with Gasteiger partial charge in [0.15, 0.2) is 11.6 Å². The molecule has 1 aromatic rings. The first kappa shape index (κ1) is 26.1. The molecule has 3 N–H and O–H groups in total. The van der Waals surface area contributed by atoms with Crippen molar-refractivity contribution in [3.8, 4) is 5.75 Å². The van der Waals surface area contributed by atoms with E-state index in [-0.39, 0.29) is 36.5 Å². The minimum Gasteiger partial charge on any atom is -0.420 e. The van der Waals surface area contributed by atoms with Crippen LogP contribution < -0.4 is 20.7 Å². The smallest absolute Gasteiger partial charge is 0.315 e. The van der Waals surface area contributed by atoms with Gasteiger partial charge in [0.25, 0.3) is 0 Å². The van der Waals surface area contributed by atoms with Gasteiger partial charge in [0, 0.05) is 36.5 Å². The summed E-state index contributed by atoms with van der Waals surface area (Å²) in [7, 11) is 0. The van der Waals surface area contributed by atoms with Crippen LogP contribution >= 0.6 is 11.8 Å². The molecular weight excluding hydrogens is 478 g/mol. The topological polar surface area (TPSA) is 96.5 Å². The lowest BCUT2D eigenvalue weighted by atomic mass is 10.0. The maximum atomic E-state index is 13.5. The average Bonchev–Trinajstić information content (AvgIpc) is 3.34. The zero-order valence-electron chi connectivity index (χ0n) is 18.4. The molecule has 3 amide bonds. The second-order valence-corrected chi connectivity index (χ2v) is 9.57. The van der Waals surface area contributed by atoms with Crippen molar-refractivity contribution in [2.75, 3.05) is 12.3 Å². The molecule has 0 bridgehead atoms. The zero-order valence-corrected chi connectivity index (χ0v) is 19.3. The molecule has 2 heterocycles. The predicted molar refractivity (Wildman–Crippen MR) is 117 cm³/mol. The lowest BCUT2D eigenvalue weighted by molar-refractivity contribution is -0.135. The number of thioether (sulfide) groups is 1. The number of carbonyl (C=O) groups excluding carboxylic acids is 3. The summed E-state index contributed by atoms with van der Waals surface area (Å²) in [5.41, 5.74) is 0. The van der Waals surface area contributed by atoms with Crippen LogP contribution in [0, 0.1) is 23.3 Å². The molecule has 188 valence electrons. The number of carbonyl (C=O) groups is 3. The van der Waals surface area contributed by atoms with Gasteiger partial charge in [-0.05, 0) is 25.7 Å². The second-order valence-electron chi connectivity index (χ2n) is 8.30. The number of amides is 3. The van der Waals surface area contributed by atoms with E-state index in [0.717, 1.165) is 25.0 Å². The number of esters is 1. The van der Waals surface area contributed by atoms with Crippen molar-refractivity contribution in [2.45, 2.75) is 68.7 Å². The molecule has 0 aromatic heterocycles. The minimum absolute atomic E-state index is 0.0356. The van der Waals surface area contributed by atoms with Gasteiger partial charge in [0.1, 0.15) is 0 Å². The van der Waals surface area contributed by atoms with Gasteiger partial charge < -0.3 is 20.7 Å². The van der Waals surface area contributed by atoms with Crippen LogP contribution in [0.3, 0.4) is 0 Å². The van der Waals surface area contributed by atoms with Crippen LogP contribution in [0.25, 0.3) is 0 Å². The van der Waals surface area contributed by atoms with Crippen molar-refractivity contribution < 1.29 is 36.7 Å². The highest BCUT2D eigenvalue weighted by molar-refractivity contribution is 8.00. The molecule has 2 fully saturated rings. The number of halogens is 4. The molecule has 0 spiro atoms. The lowest BCUT2D eigenvalue weighted by Gasteiger charge is -2.16. The monoisotopic (exact) mass is 505 g/mol. The van der Waals surface area contributed by atoms with Gasteiger partial charge >= 0.3 is 12.0 Å². The largest absolute Gasteiger partial charge is 0.420 e. The number of hydrogen-bond donors (Lipinski definition) is 3. The number of urea groups is 1. The summed E-state index contributed by atoms with van der Waals surface area (Å²) in [6.07, 6.45) is 4.25. The molecule has 34 heavy (non-hydrogen) atoms. The summed E-state index contributed by atoms with van der Waals surface area (Å²) in [6.45, 7) is 0.423. The fraction of sp³-hybridized carbons (Fsp3) is 0.591. The maximum Gasteiger partial charge on any atom is 0.315 e. The number of ether oxygens (including phenoxy) is 1. The van der Waals surface area contributed by atoms with Crippen LogP contribution in [0.2, 0.25) is 0 Å². The summed E-state index contributed by atoms with van der Waals surface area (Å²) in [5, 5.41) is 9.01. The molecule has 0 aliphatic carbocycles. The van der Waals surface area contributed by atoms with Crippen molar-refractivity contribution >= 4 is 29.7 Å². The fourth-order valence-corrected chi connectivity index (χ4v) is 5.51. The highest BCUT2D eigenvalue weighted by Crippen LogP contribution is 2.33. The summed E-state index contributed by atoms with van der Waals surface area (Å²) in [4.78, 5) is 35.0. The highest BCUT2D eigenvalue weighted by Gasteiger charge is 2.42. The Bertz CT molecular complexity index is 894. The van der Waals surface area contributed by atoms with Crippen LogP contribution in [-0.2, 0) is 9.59 Å². The number of hydrogen-bond acceptors (Lipinski definition) is 5. The maximum absolute atomic E-state index is 13.5.